The summed E-state index contributed by atoms with van der Waals surface area (Å²) >= 11 is 0. The van der Waals surface area contributed by atoms with Crippen LogP contribution in [0.1, 0.15) is 18.9 Å². The second kappa shape index (κ2) is 7.17. The number of benzene rings is 1. The van der Waals surface area contributed by atoms with Crippen molar-refractivity contribution < 1.29 is 8.42 Å². The van der Waals surface area contributed by atoms with Crippen molar-refractivity contribution in [1.82, 2.24) is 10.0 Å². The van der Waals surface area contributed by atoms with Gasteiger partial charge in [-0.1, -0.05) is 19.1 Å². The first kappa shape index (κ1) is 14.7. The highest BCUT2D eigenvalue weighted by atomic mass is 32.2. The molecule has 2 N–H and O–H groups in total. The molecule has 0 unspecified atom stereocenters. The number of rotatable bonds is 7. The Hall–Kier alpha value is -1.35. The summed E-state index contributed by atoms with van der Waals surface area (Å²) in [6.45, 7) is 3.90. The number of sulfonamides is 1. The SMILES string of the molecule is C#CCCNS(=O)(=O)c1ccc(CNCC)cc1. The summed E-state index contributed by atoms with van der Waals surface area (Å²) in [7, 11) is -3.44. The van der Waals surface area contributed by atoms with Crippen molar-refractivity contribution in [1.29, 1.82) is 0 Å². The lowest BCUT2D eigenvalue weighted by Crippen LogP contribution is -2.24. The summed E-state index contributed by atoms with van der Waals surface area (Å²) in [6.07, 6.45) is 5.46. The molecule has 0 bridgehead atoms. The minimum Gasteiger partial charge on any atom is -0.313 e. The monoisotopic (exact) mass is 266 g/mol. The lowest BCUT2D eigenvalue weighted by molar-refractivity contribution is 0.582. The average molecular weight is 266 g/mol. The number of terminal acetylenes is 1. The fourth-order valence-corrected chi connectivity index (χ4v) is 2.43. The molecule has 1 rings (SSSR count). The lowest BCUT2D eigenvalue weighted by Gasteiger charge is -2.07. The van der Waals surface area contributed by atoms with Gasteiger partial charge >= 0.3 is 0 Å². The van der Waals surface area contributed by atoms with E-state index in [0.717, 1.165) is 18.7 Å². The largest absolute Gasteiger partial charge is 0.313 e. The van der Waals surface area contributed by atoms with E-state index in [1.807, 2.05) is 6.92 Å². The van der Waals surface area contributed by atoms with Crippen LogP contribution in [0.25, 0.3) is 0 Å². The van der Waals surface area contributed by atoms with E-state index in [4.69, 9.17) is 6.42 Å². The molecule has 4 nitrogen and oxygen atoms in total. The normalized spacial score (nSPS) is 11.1. The molecular weight excluding hydrogens is 248 g/mol. The van der Waals surface area contributed by atoms with E-state index in [-0.39, 0.29) is 11.4 Å². The van der Waals surface area contributed by atoms with Crippen molar-refractivity contribution in [2.24, 2.45) is 0 Å². The van der Waals surface area contributed by atoms with Crippen LogP contribution in [-0.2, 0) is 16.6 Å². The van der Waals surface area contributed by atoms with Crippen LogP contribution in [0.2, 0.25) is 0 Å². The second-order valence-electron chi connectivity index (χ2n) is 3.78. The van der Waals surface area contributed by atoms with Crippen LogP contribution in [0.15, 0.2) is 29.2 Å². The summed E-state index contributed by atoms with van der Waals surface area (Å²) in [5, 5.41) is 3.18. The molecule has 0 saturated carbocycles. The van der Waals surface area contributed by atoms with Crippen LogP contribution >= 0.6 is 0 Å². The van der Waals surface area contributed by atoms with Crippen LogP contribution in [0.3, 0.4) is 0 Å². The predicted molar refractivity (Wildman–Crippen MR) is 72.5 cm³/mol. The van der Waals surface area contributed by atoms with Gasteiger partial charge in [0.1, 0.15) is 0 Å². The van der Waals surface area contributed by atoms with Gasteiger partial charge in [0.15, 0.2) is 0 Å². The molecule has 0 aromatic heterocycles. The van der Waals surface area contributed by atoms with Gasteiger partial charge in [0, 0.05) is 19.5 Å². The van der Waals surface area contributed by atoms with Gasteiger partial charge in [-0.2, -0.15) is 0 Å². The molecule has 0 aliphatic rings. The third kappa shape index (κ3) is 4.49. The third-order valence-electron chi connectivity index (χ3n) is 2.37. The van der Waals surface area contributed by atoms with E-state index >= 15 is 0 Å². The molecule has 0 saturated heterocycles. The van der Waals surface area contributed by atoms with E-state index in [2.05, 4.69) is 16.0 Å². The van der Waals surface area contributed by atoms with Gasteiger partial charge in [-0.25, -0.2) is 13.1 Å². The van der Waals surface area contributed by atoms with Crippen molar-refractivity contribution in [3.05, 3.63) is 29.8 Å². The molecule has 18 heavy (non-hydrogen) atoms. The van der Waals surface area contributed by atoms with Crippen LogP contribution in [0.5, 0.6) is 0 Å². The fourth-order valence-electron chi connectivity index (χ4n) is 1.40. The maximum absolute atomic E-state index is 11.8. The lowest BCUT2D eigenvalue weighted by atomic mass is 10.2. The van der Waals surface area contributed by atoms with Gasteiger partial charge in [-0.15, -0.1) is 12.3 Å². The molecular formula is C13H18N2O2S. The Bertz CT molecular complexity index is 501. The predicted octanol–water partition coefficient (Wildman–Crippen LogP) is 1.10. The number of nitrogens with one attached hydrogen (secondary N) is 2. The fraction of sp³-hybridized carbons (Fsp3) is 0.385. The Morgan fingerprint density at radius 3 is 2.50 bits per heavy atom. The molecule has 0 atom stereocenters. The van der Waals surface area contributed by atoms with Crippen LogP contribution in [0.4, 0.5) is 0 Å². The number of hydrogen-bond acceptors (Lipinski definition) is 3. The Labute approximate surface area is 109 Å². The molecule has 98 valence electrons. The highest BCUT2D eigenvalue weighted by molar-refractivity contribution is 7.89. The molecule has 0 spiro atoms. The summed E-state index contributed by atoms with van der Waals surface area (Å²) in [5.74, 6) is 2.39. The zero-order chi connectivity index (χ0) is 13.4. The molecule has 0 radical (unpaired) electrons. The van der Waals surface area contributed by atoms with E-state index in [1.54, 1.807) is 24.3 Å². The third-order valence-corrected chi connectivity index (χ3v) is 3.85. The zero-order valence-electron chi connectivity index (χ0n) is 10.4. The van der Waals surface area contributed by atoms with Crippen molar-refractivity contribution in [2.45, 2.75) is 24.8 Å². The van der Waals surface area contributed by atoms with E-state index in [0.29, 0.717) is 6.42 Å². The minimum absolute atomic E-state index is 0.262. The van der Waals surface area contributed by atoms with Gasteiger partial charge in [-0.05, 0) is 24.2 Å². The van der Waals surface area contributed by atoms with Gasteiger partial charge in [0.05, 0.1) is 4.90 Å². The zero-order valence-corrected chi connectivity index (χ0v) is 11.3. The molecule has 0 fully saturated rings. The van der Waals surface area contributed by atoms with Gasteiger partial charge in [0.25, 0.3) is 0 Å². The quantitative estimate of drug-likeness (QED) is 0.574. The standard InChI is InChI=1S/C13H18N2O2S/c1-3-5-10-15-18(16,17)13-8-6-12(7-9-13)11-14-4-2/h1,6-9,14-15H,4-5,10-11H2,2H3. The molecule has 1 aromatic carbocycles. The molecule has 0 heterocycles. The van der Waals surface area contributed by atoms with Gasteiger partial charge in [0.2, 0.25) is 10.0 Å². The van der Waals surface area contributed by atoms with Crippen molar-refractivity contribution in [2.75, 3.05) is 13.1 Å². The van der Waals surface area contributed by atoms with Gasteiger partial charge in [-0.3, -0.25) is 0 Å². The van der Waals surface area contributed by atoms with E-state index in [9.17, 15) is 8.42 Å². The van der Waals surface area contributed by atoms with Crippen LogP contribution < -0.4 is 10.0 Å². The van der Waals surface area contributed by atoms with Gasteiger partial charge < -0.3 is 5.32 Å². The topological polar surface area (TPSA) is 58.2 Å². The summed E-state index contributed by atoms with van der Waals surface area (Å²) in [6, 6.07) is 6.81. The number of hydrogen-bond donors (Lipinski definition) is 2. The Morgan fingerprint density at radius 1 is 1.28 bits per heavy atom. The minimum atomic E-state index is -3.44. The second-order valence-corrected chi connectivity index (χ2v) is 5.54. The summed E-state index contributed by atoms with van der Waals surface area (Å²) in [5.41, 5.74) is 1.06. The van der Waals surface area contributed by atoms with Crippen molar-refractivity contribution in [3.63, 3.8) is 0 Å². The maximum Gasteiger partial charge on any atom is 0.240 e. The maximum atomic E-state index is 11.8. The highest BCUT2D eigenvalue weighted by Crippen LogP contribution is 2.10. The molecule has 5 heteroatoms. The first-order valence-electron chi connectivity index (χ1n) is 5.83. The first-order valence-corrected chi connectivity index (χ1v) is 7.31. The average Bonchev–Trinajstić information content (AvgIpc) is 2.37. The Morgan fingerprint density at radius 2 is 1.94 bits per heavy atom. The smallest absolute Gasteiger partial charge is 0.240 e. The van der Waals surface area contributed by atoms with E-state index < -0.39 is 10.0 Å². The Balaban J connectivity index is 2.69. The van der Waals surface area contributed by atoms with Crippen LogP contribution in [0, 0.1) is 12.3 Å². The Kier molecular flexibility index (Phi) is 5.86. The molecule has 0 amide bonds. The highest BCUT2D eigenvalue weighted by Gasteiger charge is 2.12. The van der Waals surface area contributed by atoms with Crippen LogP contribution in [-0.4, -0.2) is 21.5 Å². The molecule has 0 aliphatic carbocycles. The molecule has 1 aromatic rings. The van der Waals surface area contributed by atoms with Crippen molar-refractivity contribution >= 4 is 10.0 Å². The van der Waals surface area contributed by atoms with E-state index in [1.165, 1.54) is 0 Å². The summed E-state index contributed by atoms with van der Waals surface area (Å²) < 4.78 is 26.1. The molecule has 0 aliphatic heterocycles. The first-order chi connectivity index (χ1) is 8.60. The summed E-state index contributed by atoms with van der Waals surface area (Å²) in [4.78, 5) is 0.264. The van der Waals surface area contributed by atoms with Crippen molar-refractivity contribution in [3.8, 4) is 12.3 Å².